The number of unbranched alkanes of at least 4 members (excludes halogenated alkanes) is 3. The van der Waals surface area contributed by atoms with Crippen LogP contribution in [0.5, 0.6) is 0 Å². The van der Waals surface area contributed by atoms with Crippen LogP contribution in [-0.2, 0) is 0 Å². The molecule has 0 N–H and O–H groups in total. The van der Waals surface area contributed by atoms with Gasteiger partial charge in [-0.1, -0.05) is 0 Å². The Balaban J connectivity index is 2.66. The predicted molar refractivity (Wildman–Crippen MR) is 113 cm³/mol. The summed E-state index contributed by atoms with van der Waals surface area (Å²) in [7, 11) is 0. The van der Waals surface area contributed by atoms with Gasteiger partial charge in [0.25, 0.3) is 0 Å². The second-order valence-corrected chi connectivity index (χ2v) is 20.5. The fourth-order valence-electron chi connectivity index (χ4n) is 4.20. The molecule has 2 rings (SSSR count). The van der Waals surface area contributed by atoms with Gasteiger partial charge in [0.05, 0.1) is 0 Å². The van der Waals surface area contributed by atoms with Crippen LogP contribution in [0.4, 0.5) is 0 Å². The molecule has 0 aliphatic rings. The number of rotatable bonds is 10. The van der Waals surface area contributed by atoms with E-state index < -0.39 is 18.4 Å². The van der Waals surface area contributed by atoms with E-state index in [0.717, 1.165) is 5.56 Å². The van der Waals surface area contributed by atoms with Gasteiger partial charge in [0.2, 0.25) is 0 Å². The van der Waals surface area contributed by atoms with Crippen molar-refractivity contribution in [1.29, 1.82) is 5.26 Å². The molecule has 0 fully saturated rings. The second kappa shape index (κ2) is 10.2. The van der Waals surface area contributed by atoms with E-state index in [-0.39, 0.29) is 0 Å². The van der Waals surface area contributed by atoms with E-state index in [0.29, 0.717) is 0 Å². The van der Waals surface area contributed by atoms with Crippen molar-refractivity contribution < 1.29 is 0 Å². The van der Waals surface area contributed by atoms with Crippen LogP contribution in [0.3, 0.4) is 0 Å². The Bertz CT molecular complexity index is 687. The van der Waals surface area contributed by atoms with Crippen molar-refractivity contribution in [2.45, 2.75) is 72.6 Å². The number of hydrogen-bond donors (Lipinski definition) is 0. The van der Waals surface area contributed by atoms with Crippen LogP contribution in [0, 0.1) is 11.3 Å². The second-order valence-electron chi connectivity index (χ2n) is 7.41. The summed E-state index contributed by atoms with van der Waals surface area (Å²) in [5, 5.41) is 12.3. The zero-order valence-electron chi connectivity index (χ0n) is 16.3. The number of hydrogen-bond acceptors (Lipinski definition) is 1. The van der Waals surface area contributed by atoms with Crippen LogP contribution in [-0.4, -0.2) is 18.4 Å². The monoisotopic (exact) mass is 443 g/mol. The Hall–Kier alpha value is -1.01. The Morgan fingerprint density at radius 1 is 0.800 bits per heavy atom. The molecule has 0 heterocycles. The van der Waals surface area contributed by atoms with E-state index in [1.807, 2.05) is 12.1 Å². The molecule has 0 aliphatic heterocycles. The van der Waals surface area contributed by atoms with Gasteiger partial charge in [-0.25, -0.2) is 0 Å². The third kappa shape index (κ3) is 4.79. The molecule has 0 radical (unpaired) electrons. The van der Waals surface area contributed by atoms with Crippen molar-refractivity contribution in [3.63, 3.8) is 0 Å². The number of nitrogens with zero attached hydrogens (tertiary/aromatic N) is 1. The van der Waals surface area contributed by atoms with E-state index in [2.05, 4.69) is 51.1 Å². The average Bonchev–Trinajstić information content (AvgIpc) is 2.67. The fourth-order valence-corrected chi connectivity index (χ4v) is 21.1. The van der Waals surface area contributed by atoms with Gasteiger partial charge >= 0.3 is 159 Å². The molecule has 0 aromatic heterocycles. The van der Waals surface area contributed by atoms with Crippen LogP contribution in [0.25, 0.3) is 10.8 Å². The molecule has 0 amide bonds. The van der Waals surface area contributed by atoms with E-state index in [1.54, 1.807) is 3.58 Å². The molecule has 0 atom stereocenters. The topological polar surface area (TPSA) is 23.8 Å². The van der Waals surface area contributed by atoms with Crippen molar-refractivity contribution in [2.75, 3.05) is 0 Å². The summed E-state index contributed by atoms with van der Waals surface area (Å²) in [6.45, 7) is 6.96. The van der Waals surface area contributed by atoms with E-state index in [1.165, 1.54) is 62.6 Å². The third-order valence-electron chi connectivity index (χ3n) is 5.62. The SMILES string of the molecule is CCC[CH2][Sn]([CH2]CCC)([CH2]CCC)[c]1cccc2cccc(C#N)c12. The zero-order chi connectivity index (χ0) is 18.1. The molecule has 1 nitrogen and oxygen atoms in total. The first-order chi connectivity index (χ1) is 12.2. The molecular formula is C23H33NSn. The molecule has 0 saturated carbocycles. The van der Waals surface area contributed by atoms with Crippen molar-refractivity contribution in [3.8, 4) is 6.07 Å². The summed E-state index contributed by atoms with van der Waals surface area (Å²) in [6, 6.07) is 15.6. The Labute approximate surface area is 158 Å². The van der Waals surface area contributed by atoms with Crippen LogP contribution in [0.15, 0.2) is 36.4 Å². The standard InChI is InChI=1S/C11H6N.3C4H9.Sn/c12-8-10-6-3-5-9-4-1-2-7-11(9)10;3*1-3-4-2;/h1-6H;3*1,3-4H2,2H3;. The average molecular weight is 442 g/mol. The van der Waals surface area contributed by atoms with Gasteiger partial charge in [-0.2, -0.15) is 0 Å². The summed E-state index contributed by atoms with van der Waals surface area (Å²) >= 11 is -2.53. The molecule has 134 valence electrons. The van der Waals surface area contributed by atoms with Gasteiger partial charge in [-0.15, -0.1) is 0 Å². The maximum absolute atomic E-state index is 9.73. The maximum atomic E-state index is 9.73. The van der Waals surface area contributed by atoms with Crippen molar-refractivity contribution in [3.05, 3.63) is 42.0 Å². The van der Waals surface area contributed by atoms with Crippen molar-refractivity contribution in [2.24, 2.45) is 0 Å². The molecule has 0 aliphatic carbocycles. The van der Waals surface area contributed by atoms with Crippen LogP contribution in [0.2, 0.25) is 13.3 Å². The first-order valence-corrected chi connectivity index (χ1v) is 17.6. The fraction of sp³-hybridized carbons (Fsp3) is 0.522. The third-order valence-corrected chi connectivity index (χ3v) is 21.3. The van der Waals surface area contributed by atoms with Gasteiger partial charge in [0.1, 0.15) is 0 Å². The Kier molecular flexibility index (Phi) is 8.29. The molecule has 0 unspecified atom stereocenters. The van der Waals surface area contributed by atoms with E-state index in [4.69, 9.17) is 0 Å². The number of fused-ring (bicyclic) bond motifs is 1. The molecular weight excluding hydrogens is 409 g/mol. The van der Waals surface area contributed by atoms with Crippen LogP contribution >= 0.6 is 0 Å². The molecule has 2 aromatic rings. The molecule has 0 saturated heterocycles. The van der Waals surface area contributed by atoms with E-state index in [9.17, 15) is 5.26 Å². The molecule has 2 aromatic carbocycles. The summed E-state index contributed by atoms with van der Waals surface area (Å²) in [4.78, 5) is 0. The summed E-state index contributed by atoms with van der Waals surface area (Å²) in [5.74, 6) is 0. The van der Waals surface area contributed by atoms with Gasteiger partial charge in [0, 0.05) is 0 Å². The summed E-state index contributed by atoms with van der Waals surface area (Å²) in [6.07, 6.45) is 7.92. The Morgan fingerprint density at radius 3 is 1.80 bits per heavy atom. The summed E-state index contributed by atoms with van der Waals surface area (Å²) < 4.78 is 5.98. The molecule has 0 bridgehead atoms. The molecule has 2 heteroatoms. The van der Waals surface area contributed by atoms with Crippen molar-refractivity contribution in [1.82, 2.24) is 0 Å². The van der Waals surface area contributed by atoms with Gasteiger partial charge in [-0.3, -0.25) is 0 Å². The van der Waals surface area contributed by atoms with Gasteiger partial charge < -0.3 is 0 Å². The van der Waals surface area contributed by atoms with Crippen LogP contribution in [0.1, 0.15) is 64.9 Å². The normalized spacial score (nSPS) is 11.6. The minimum absolute atomic E-state index is 0.888. The Morgan fingerprint density at radius 2 is 1.32 bits per heavy atom. The van der Waals surface area contributed by atoms with Gasteiger partial charge in [0.15, 0.2) is 0 Å². The molecule has 0 spiro atoms. The minimum atomic E-state index is -2.53. The summed E-state index contributed by atoms with van der Waals surface area (Å²) in [5.41, 5.74) is 0.888. The first kappa shape index (κ1) is 20.3. The predicted octanol–water partition coefficient (Wildman–Crippen LogP) is 6.77. The first-order valence-electron chi connectivity index (χ1n) is 10.1. The zero-order valence-corrected chi connectivity index (χ0v) is 19.1. The number of benzene rings is 2. The van der Waals surface area contributed by atoms with Crippen molar-refractivity contribution >= 4 is 32.7 Å². The van der Waals surface area contributed by atoms with Gasteiger partial charge in [-0.05, 0) is 0 Å². The van der Waals surface area contributed by atoms with Crippen LogP contribution < -0.4 is 3.58 Å². The molecule has 25 heavy (non-hydrogen) atoms. The van der Waals surface area contributed by atoms with E-state index >= 15 is 0 Å². The number of nitriles is 1. The quantitative estimate of drug-likeness (QED) is 0.373.